The molecule has 6 heterocycles. The zero-order valence-electron chi connectivity index (χ0n) is 49.5. The normalized spacial score (nSPS) is 10.3. The fourth-order valence-corrected chi connectivity index (χ4v) is 8.75. The van der Waals surface area contributed by atoms with Crippen LogP contribution in [0.1, 0.15) is 72.0 Å². The topological polar surface area (TPSA) is 187 Å². The molecule has 16 nitrogen and oxygen atoms in total. The first-order valence-electron chi connectivity index (χ1n) is 29.0. The number of hydrogen-bond donors (Lipinski definition) is 1. The Hall–Kier alpha value is -11.6. The highest BCUT2D eigenvalue weighted by Gasteiger charge is 2.24. The Bertz CT molecular complexity index is 3530. The van der Waals surface area contributed by atoms with Crippen molar-refractivity contribution < 1.29 is 47.0 Å². The summed E-state index contributed by atoms with van der Waals surface area (Å²) in [6.45, 7) is 4.58. The molecule has 12 rings (SSSR count). The first-order chi connectivity index (χ1) is 44.3. The van der Waals surface area contributed by atoms with E-state index >= 15 is 0 Å². The van der Waals surface area contributed by atoms with E-state index in [1.165, 1.54) is 18.8 Å². The van der Waals surface area contributed by atoms with Crippen LogP contribution in [0.2, 0.25) is 0 Å². The maximum Gasteiger partial charge on any atom is 0.295 e. The highest BCUT2D eigenvalue weighted by Crippen LogP contribution is 2.25. The number of hydrogen-bond acceptors (Lipinski definition) is 13. The zero-order chi connectivity index (χ0) is 62.4. The van der Waals surface area contributed by atoms with Crippen LogP contribution in [0.3, 0.4) is 0 Å². The minimum absolute atomic E-state index is 0.238. The molecule has 0 unspecified atom stereocenters. The largest absolute Gasteiger partial charge is 0.489 e. The molecule has 0 aliphatic rings. The molecule has 452 valence electrons. The van der Waals surface area contributed by atoms with Gasteiger partial charge in [-0.3, -0.25) is 29.1 Å². The van der Waals surface area contributed by atoms with Crippen LogP contribution < -0.4 is 28.9 Å². The van der Waals surface area contributed by atoms with E-state index in [0.29, 0.717) is 56.9 Å². The lowest BCUT2D eigenvalue weighted by Gasteiger charge is -2.21. The standard InChI is InChI=1S/3C24H20N2O3.C2H6O/c3*27-24(22-9-6-16-28-22)26(23-10-4-5-15-25-23)17-19-11-13-21(14-12-19)29-18-20-7-2-1-3-8-20;1-2-3/h3*1-16H,17-18H2;3H,2H2,1H3. The van der Waals surface area contributed by atoms with Crippen LogP contribution in [0.5, 0.6) is 17.2 Å². The fourth-order valence-electron chi connectivity index (χ4n) is 8.75. The van der Waals surface area contributed by atoms with E-state index in [9.17, 15) is 14.4 Å². The minimum Gasteiger partial charge on any atom is -0.489 e. The number of amides is 3. The van der Waals surface area contributed by atoms with Gasteiger partial charge in [0, 0.05) is 25.2 Å². The number of pyridine rings is 3. The minimum atomic E-state index is -0.238. The van der Waals surface area contributed by atoms with Crippen molar-refractivity contribution in [3.8, 4) is 17.2 Å². The number of nitrogens with zero attached hydrogens (tertiary/aromatic N) is 6. The molecular formula is C74H66N6O10. The van der Waals surface area contributed by atoms with Gasteiger partial charge in [-0.25, -0.2) is 15.0 Å². The van der Waals surface area contributed by atoms with Gasteiger partial charge in [0.05, 0.1) is 38.4 Å². The Kier molecular flexibility index (Phi) is 23.7. The maximum absolute atomic E-state index is 12.9. The van der Waals surface area contributed by atoms with Crippen molar-refractivity contribution in [2.75, 3.05) is 21.3 Å². The van der Waals surface area contributed by atoms with Crippen LogP contribution in [0.25, 0.3) is 0 Å². The molecule has 0 bridgehead atoms. The molecule has 16 heteroatoms. The van der Waals surface area contributed by atoms with Crippen molar-refractivity contribution >= 4 is 35.2 Å². The number of anilines is 3. The first-order valence-corrected chi connectivity index (χ1v) is 29.0. The van der Waals surface area contributed by atoms with Gasteiger partial charge in [-0.15, -0.1) is 0 Å². The lowest BCUT2D eigenvalue weighted by molar-refractivity contribution is 0.0950. The number of benzene rings is 6. The molecule has 1 N–H and O–H groups in total. The van der Waals surface area contributed by atoms with Gasteiger partial charge in [0.15, 0.2) is 17.3 Å². The Labute approximate surface area is 522 Å². The first kappa shape index (κ1) is 62.9. The Morgan fingerprint density at radius 2 is 0.589 bits per heavy atom. The summed E-state index contributed by atoms with van der Waals surface area (Å²) in [6, 6.07) is 79.7. The average molecular weight is 1200 g/mol. The third-order valence-corrected chi connectivity index (χ3v) is 13.2. The van der Waals surface area contributed by atoms with Crippen LogP contribution in [0.15, 0.2) is 305 Å². The second-order valence-electron chi connectivity index (χ2n) is 19.7. The van der Waals surface area contributed by atoms with E-state index in [2.05, 4.69) is 15.0 Å². The van der Waals surface area contributed by atoms with E-state index < -0.39 is 0 Å². The van der Waals surface area contributed by atoms with Crippen molar-refractivity contribution in [2.24, 2.45) is 0 Å². The summed E-state index contributed by atoms with van der Waals surface area (Å²) >= 11 is 0. The van der Waals surface area contributed by atoms with Gasteiger partial charge in [-0.05, 0) is 149 Å². The van der Waals surface area contributed by atoms with E-state index in [-0.39, 0.29) is 41.6 Å². The number of aromatic nitrogens is 3. The molecule has 0 spiro atoms. The van der Waals surface area contributed by atoms with Crippen LogP contribution in [-0.4, -0.2) is 44.4 Å². The fraction of sp³-hybridized carbons (Fsp3) is 0.108. The van der Waals surface area contributed by atoms with Crippen LogP contribution >= 0.6 is 0 Å². The van der Waals surface area contributed by atoms with E-state index in [0.717, 1.165) is 50.6 Å². The van der Waals surface area contributed by atoms with Crippen molar-refractivity contribution in [2.45, 2.75) is 46.4 Å². The van der Waals surface area contributed by atoms with E-state index in [4.69, 9.17) is 32.6 Å². The molecule has 0 radical (unpaired) electrons. The third kappa shape index (κ3) is 19.2. The van der Waals surface area contributed by atoms with E-state index in [1.807, 2.05) is 200 Å². The molecule has 12 aromatic rings. The van der Waals surface area contributed by atoms with Crippen molar-refractivity contribution in [1.82, 2.24) is 15.0 Å². The second-order valence-corrected chi connectivity index (χ2v) is 19.7. The predicted molar refractivity (Wildman–Crippen MR) is 345 cm³/mol. The lowest BCUT2D eigenvalue weighted by Crippen LogP contribution is -2.30. The van der Waals surface area contributed by atoms with Gasteiger partial charge in [0.25, 0.3) is 17.7 Å². The molecule has 0 aliphatic carbocycles. The monoisotopic (exact) mass is 1200 g/mol. The predicted octanol–water partition coefficient (Wildman–Crippen LogP) is 15.3. The van der Waals surface area contributed by atoms with Crippen LogP contribution in [0, 0.1) is 0 Å². The molecule has 0 atom stereocenters. The van der Waals surface area contributed by atoms with Crippen molar-refractivity contribution in [1.29, 1.82) is 0 Å². The van der Waals surface area contributed by atoms with Gasteiger partial charge < -0.3 is 32.6 Å². The van der Waals surface area contributed by atoms with Gasteiger partial charge >= 0.3 is 0 Å². The molecule has 0 aliphatic heterocycles. The summed E-state index contributed by atoms with van der Waals surface area (Å²) in [6.07, 6.45) is 9.46. The number of rotatable bonds is 21. The SMILES string of the molecule is CCO.O=C(c1ccco1)N(Cc1ccc(OCc2ccccc2)cc1)c1ccccn1.O=C(c1ccco1)N(Cc1ccc(OCc2ccccc2)cc1)c1ccccn1.O=C(c1ccco1)N(Cc1ccc(OCc2ccccc2)cc1)c1ccccn1. The van der Waals surface area contributed by atoms with Gasteiger partial charge in [-0.1, -0.05) is 146 Å². The third-order valence-electron chi connectivity index (χ3n) is 13.2. The zero-order valence-corrected chi connectivity index (χ0v) is 49.5. The van der Waals surface area contributed by atoms with Gasteiger partial charge in [-0.2, -0.15) is 0 Å². The molecule has 6 aromatic carbocycles. The maximum atomic E-state index is 12.9. The van der Waals surface area contributed by atoms with Crippen molar-refractivity contribution in [3.63, 3.8) is 0 Å². The number of carbonyl (C=O) groups is 3. The smallest absolute Gasteiger partial charge is 0.295 e. The Balaban J connectivity index is 0.000000156. The Morgan fingerprint density at radius 3 is 0.811 bits per heavy atom. The quantitative estimate of drug-likeness (QED) is 0.0717. The summed E-state index contributed by atoms with van der Waals surface area (Å²) in [5.41, 5.74) is 6.22. The van der Waals surface area contributed by atoms with Crippen molar-refractivity contribution in [3.05, 3.63) is 343 Å². The summed E-state index contributed by atoms with van der Waals surface area (Å²) in [5, 5.41) is 7.57. The summed E-state index contributed by atoms with van der Waals surface area (Å²) < 4.78 is 33.4. The molecule has 0 saturated carbocycles. The highest BCUT2D eigenvalue weighted by molar-refractivity contribution is 6.04. The molecule has 0 saturated heterocycles. The summed E-state index contributed by atoms with van der Waals surface area (Å²) in [5.74, 6) is 4.15. The van der Waals surface area contributed by atoms with E-state index in [1.54, 1.807) is 94.8 Å². The molecule has 0 fully saturated rings. The number of ether oxygens (including phenoxy) is 3. The number of furan rings is 3. The van der Waals surface area contributed by atoms with Crippen LogP contribution in [0.4, 0.5) is 17.5 Å². The molecule has 90 heavy (non-hydrogen) atoms. The summed E-state index contributed by atoms with van der Waals surface area (Å²) in [4.78, 5) is 56.5. The number of carbonyl (C=O) groups excluding carboxylic acids is 3. The average Bonchev–Trinajstić information content (AvgIpc) is 4.62. The van der Waals surface area contributed by atoms with Gasteiger partial charge in [0.1, 0.15) is 54.5 Å². The van der Waals surface area contributed by atoms with Crippen LogP contribution in [-0.2, 0) is 39.5 Å². The molecule has 6 aromatic heterocycles. The molecular weight excluding hydrogens is 1130 g/mol. The summed E-state index contributed by atoms with van der Waals surface area (Å²) in [7, 11) is 0. The number of aliphatic hydroxyl groups excluding tert-OH is 1. The highest BCUT2D eigenvalue weighted by atomic mass is 16.5. The number of aliphatic hydroxyl groups is 1. The van der Waals surface area contributed by atoms with Gasteiger partial charge in [0.2, 0.25) is 0 Å². The molecule has 3 amide bonds. The lowest BCUT2D eigenvalue weighted by atomic mass is 10.2. The second kappa shape index (κ2) is 33.9. The Morgan fingerprint density at radius 1 is 0.333 bits per heavy atom.